The van der Waals surface area contributed by atoms with Crippen LogP contribution in [0.2, 0.25) is 0 Å². The number of carboxylic acid groups (broad SMARTS) is 1. The van der Waals surface area contributed by atoms with Crippen LogP contribution in [0, 0.1) is 0 Å². The van der Waals surface area contributed by atoms with Crippen LogP contribution in [-0.2, 0) is 16.6 Å². The van der Waals surface area contributed by atoms with Crippen LogP contribution in [0.25, 0.3) is 0 Å². The molecule has 2 aromatic rings. The molecule has 0 saturated heterocycles. The third-order valence-electron chi connectivity index (χ3n) is 3.28. The molecule has 0 saturated carbocycles. The molecule has 0 spiro atoms. The molecule has 0 heterocycles. The van der Waals surface area contributed by atoms with E-state index in [9.17, 15) is 9.90 Å². The highest BCUT2D eigenvalue weighted by atomic mass is 16.4. The fourth-order valence-electron chi connectivity index (χ4n) is 2.11. The number of hydrogen-bond donors (Lipinski definition) is 1. The van der Waals surface area contributed by atoms with E-state index in [4.69, 9.17) is 0 Å². The minimum absolute atomic E-state index is 0.493. The summed E-state index contributed by atoms with van der Waals surface area (Å²) in [6.45, 7) is 1.78. The molecule has 0 fully saturated rings. The fraction of sp³-hybridized carbons (Fsp3) is 0.188. The van der Waals surface area contributed by atoms with Crippen molar-refractivity contribution in [1.29, 1.82) is 0 Å². The maximum absolute atomic E-state index is 11.6. The molecule has 0 amide bonds. The number of aliphatic carboxylic acids is 1. The molecule has 2 nitrogen and oxygen atoms in total. The van der Waals surface area contributed by atoms with E-state index < -0.39 is 11.4 Å². The standard InChI is InChI=1S/C16H16O2/c1-16(15(17)18,14-10-6-3-7-11-14)12-13-8-4-2-5-9-13/h2-11H,12H2,1H3,(H,17,18)/t16-/m0/s1. The van der Waals surface area contributed by atoms with Crippen molar-refractivity contribution in [2.45, 2.75) is 18.8 Å². The van der Waals surface area contributed by atoms with Crippen molar-refractivity contribution in [3.8, 4) is 0 Å². The van der Waals surface area contributed by atoms with Gasteiger partial charge in [0.2, 0.25) is 0 Å². The number of benzene rings is 2. The molecule has 0 aliphatic rings. The minimum Gasteiger partial charge on any atom is -0.481 e. The number of hydrogen-bond acceptors (Lipinski definition) is 1. The van der Waals surface area contributed by atoms with Gasteiger partial charge in [0.15, 0.2) is 0 Å². The van der Waals surface area contributed by atoms with Crippen LogP contribution < -0.4 is 0 Å². The van der Waals surface area contributed by atoms with E-state index in [1.165, 1.54) is 0 Å². The van der Waals surface area contributed by atoms with Crippen LogP contribution in [0.15, 0.2) is 60.7 Å². The van der Waals surface area contributed by atoms with E-state index in [0.29, 0.717) is 6.42 Å². The topological polar surface area (TPSA) is 37.3 Å². The lowest BCUT2D eigenvalue weighted by Gasteiger charge is -2.25. The van der Waals surface area contributed by atoms with E-state index in [1.807, 2.05) is 60.7 Å². The largest absolute Gasteiger partial charge is 0.481 e. The van der Waals surface area contributed by atoms with Gasteiger partial charge in [-0.05, 0) is 24.5 Å². The van der Waals surface area contributed by atoms with Gasteiger partial charge >= 0.3 is 5.97 Å². The monoisotopic (exact) mass is 240 g/mol. The Bertz CT molecular complexity index is 519. The SMILES string of the molecule is C[C@@](Cc1ccccc1)(C(=O)O)c1ccccc1. The first-order valence-electron chi connectivity index (χ1n) is 5.96. The van der Waals surface area contributed by atoms with Crippen LogP contribution >= 0.6 is 0 Å². The van der Waals surface area contributed by atoms with E-state index in [2.05, 4.69) is 0 Å². The zero-order chi connectivity index (χ0) is 13.0. The number of rotatable bonds is 4. The van der Waals surface area contributed by atoms with Gasteiger partial charge in [0.25, 0.3) is 0 Å². The van der Waals surface area contributed by atoms with Gasteiger partial charge in [-0.3, -0.25) is 4.79 Å². The average Bonchev–Trinajstić information content (AvgIpc) is 2.40. The first-order valence-corrected chi connectivity index (χ1v) is 5.96. The highest BCUT2D eigenvalue weighted by Crippen LogP contribution is 2.28. The van der Waals surface area contributed by atoms with Crippen molar-refractivity contribution < 1.29 is 9.90 Å². The molecule has 0 bridgehead atoms. The van der Waals surface area contributed by atoms with Crippen molar-refractivity contribution >= 4 is 5.97 Å². The molecule has 1 atom stereocenters. The van der Waals surface area contributed by atoms with Crippen molar-refractivity contribution in [1.82, 2.24) is 0 Å². The molecular weight excluding hydrogens is 224 g/mol. The van der Waals surface area contributed by atoms with Crippen molar-refractivity contribution in [2.24, 2.45) is 0 Å². The molecule has 2 aromatic carbocycles. The van der Waals surface area contributed by atoms with Gasteiger partial charge in [0.05, 0.1) is 5.41 Å². The first kappa shape index (κ1) is 12.4. The Morgan fingerprint density at radius 1 is 1.00 bits per heavy atom. The van der Waals surface area contributed by atoms with Crippen LogP contribution in [0.1, 0.15) is 18.1 Å². The molecule has 2 heteroatoms. The van der Waals surface area contributed by atoms with Crippen LogP contribution in [0.4, 0.5) is 0 Å². The Kier molecular flexibility index (Phi) is 3.47. The molecule has 2 rings (SSSR count). The summed E-state index contributed by atoms with van der Waals surface area (Å²) in [5, 5.41) is 9.55. The second kappa shape index (κ2) is 5.05. The van der Waals surface area contributed by atoms with Gasteiger partial charge in [-0.25, -0.2) is 0 Å². The predicted molar refractivity (Wildman–Crippen MR) is 71.6 cm³/mol. The quantitative estimate of drug-likeness (QED) is 0.890. The summed E-state index contributed by atoms with van der Waals surface area (Å²) >= 11 is 0. The lowest BCUT2D eigenvalue weighted by atomic mass is 9.77. The molecule has 0 aliphatic carbocycles. The van der Waals surface area contributed by atoms with E-state index in [-0.39, 0.29) is 0 Å². The van der Waals surface area contributed by atoms with Crippen LogP contribution in [-0.4, -0.2) is 11.1 Å². The summed E-state index contributed by atoms with van der Waals surface area (Å²) in [6.07, 6.45) is 0.493. The second-order valence-corrected chi connectivity index (χ2v) is 4.67. The summed E-state index contributed by atoms with van der Waals surface area (Å²) < 4.78 is 0. The maximum Gasteiger partial charge on any atom is 0.314 e. The molecule has 1 N–H and O–H groups in total. The van der Waals surface area contributed by atoms with Crippen molar-refractivity contribution in [2.75, 3.05) is 0 Å². The Balaban J connectivity index is 2.37. The lowest BCUT2D eigenvalue weighted by Crippen LogP contribution is -2.34. The second-order valence-electron chi connectivity index (χ2n) is 4.67. The molecule has 0 aliphatic heterocycles. The van der Waals surface area contributed by atoms with Gasteiger partial charge < -0.3 is 5.11 Å². The maximum atomic E-state index is 11.6. The molecule has 0 radical (unpaired) electrons. The number of carboxylic acids is 1. The third-order valence-corrected chi connectivity index (χ3v) is 3.28. The highest BCUT2D eigenvalue weighted by Gasteiger charge is 2.35. The van der Waals surface area contributed by atoms with Gasteiger partial charge in [-0.15, -0.1) is 0 Å². The van der Waals surface area contributed by atoms with E-state index >= 15 is 0 Å². The molecule has 0 aromatic heterocycles. The van der Waals surface area contributed by atoms with Crippen LogP contribution in [0.5, 0.6) is 0 Å². The molecule has 92 valence electrons. The highest BCUT2D eigenvalue weighted by molar-refractivity contribution is 5.81. The third kappa shape index (κ3) is 2.43. The van der Waals surface area contributed by atoms with Gasteiger partial charge in [0, 0.05) is 0 Å². The van der Waals surface area contributed by atoms with Crippen molar-refractivity contribution in [3.05, 3.63) is 71.8 Å². The van der Waals surface area contributed by atoms with Gasteiger partial charge in [-0.1, -0.05) is 60.7 Å². The Morgan fingerprint density at radius 3 is 2.00 bits per heavy atom. The summed E-state index contributed by atoms with van der Waals surface area (Å²) in [5.74, 6) is -0.794. The molecule has 0 unspecified atom stereocenters. The Labute approximate surface area is 107 Å². The summed E-state index contributed by atoms with van der Waals surface area (Å²) in [5.41, 5.74) is 0.982. The number of carbonyl (C=O) groups is 1. The Morgan fingerprint density at radius 2 is 1.50 bits per heavy atom. The molecular formula is C16H16O2. The van der Waals surface area contributed by atoms with Crippen molar-refractivity contribution in [3.63, 3.8) is 0 Å². The fourth-order valence-corrected chi connectivity index (χ4v) is 2.11. The zero-order valence-corrected chi connectivity index (χ0v) is 10.3. The van der Waals surface area contributed by atoms with E-state index in [1.54, 1.807) is 6.92 Å². The smallest absolute Gasteiger partial charge is 0.314 e. The predicted octanol–water partition coefficient (Wildman–Crippen LogP) is 3.27. The van der Waals surface area contributed by atoms with E-state index in [0.717, 1.165) is 11.1 Å². The zero-order valence-electron chi connectivity index (χ0n) is 10.3. The minimum atomic E-state index is -0.886. The lowest BCUT2D eigenvalue weighted by molar-refractivity contribution is -0.143. The summed E-state index contributed by atoms with van der Waals surface area (Å²) in [4.78, 5) is 11.6. The summed E-state index contributed by atoms with van der Waals surface area (Å²) in [6, 6.07) is 19.1. The summed E-state index contributed by atoms with van der Waals surface area (Å²) in [7, 11) is 0. The normalized spacial score (nSPS) is 13.8. The average molecular weight is 240 g/mol. The van der Waals surface area contributed by atoms with Gasteiger partial charge in [0.1, 0.15) is 0 Å². The Hall–Kier alpha value is -2.09. The molecule has 18 heavy (non-hydrogen) atoms. The first-order chi connectivity index (χ1) is 8.63. The van der Waals surface area contributed by atoms with Gasteiger partial charge in [-0.2, -0.15) is 0 Å². The van der Waals surface area contributed by atoms with Crippen LogP contribution in [0.3, 0.4) is 0 Å².